The predicted octanol–water partition coefficient (Wildman–Crippen LogP) is 5.34. The van der Waals surface area contributed by atoms with Gasteiger partial charge in [-0.15, -0.1) is 0 Å². The molecule has 23 heavy (non-hydrogen) atoms. The third kappa shape index (κ3) is 2.55. The molecule has 1 aliphatic rings. The monoisotopic (exact) mass is 303 g/mol. The number of rotatable bonds is 4. The summed E-state index contributed by atoms with van der Waals surface area (Å²) in [5.74, 6) is 1.56. The van der Waals surface area contributed by atoms with Crippen molar-refractivity contribution in [3.63, 3.8) is 0 Å². The Balaban J connectivity index is 1.75. The fourth-order valence-corrected chi connectivity index (χ4v) is 3.49. The number of ether oxygens (including phenoxy) is 1. The second kappa shape index (κ2) is 5.96. The summed E-state index contributed by atoms with van der Waals surface area (Å²) < 4.78 is 6.16. The van der Waals surface area contributed by atoms with Crippen LogP contribution in [-0.4, -0.2) is 6.54 Å². The van der Waals surface area contributed by atoms with E-state index in [-0.39, 0.29) is 0 Å². The number of anilines is 1. The number of nitrogens with one attached hydrogen (secondary N) is 1. The van der Waals surface area contributed by atoms with Crippen LogP contribution in [0.3, 0.4) is 0 Å². The van der Waals surface area contributed by atoms with Gasteiger partial charge in [-0.05, 0) is 22.9 Å². The smallest absolute Gasteiger partial charge is 0.129 e. The van der Waals surface area contributed by atoms with E-state index in [1.165, 1.54) is 27.6 Å². The van der Waals surface area contributed by atoms with Crippen LogP contribution in [0.25, 0.3) is 10.8 Å². The van der Waals surface area contributed by atoms with Crippen LogP contribution in [0.15, 0.2) is 60.7 Å². The normalized spacial score (nSPS) is 16.1. The molecule has 1 N–H and O–H groups in total. The minimum atomic E-state index is 0.595. The van der Waals surface area contributed by atoms with Crippen LogP contribution >= 0.6 is 0 Å². The molecule has 1 unspecified atom stereocenters. The van der Waals surface area contributed by atoms with Crippen molar-refractivity contribution in [2.75, 3.05) is 11.9 Å². The van der Waals surface area contributed by atoms with Crippen LogP contribution < -0.4 is 10.1 Å². The SMILES string of the molecule is CCC1CNc2cc(OCc3ccccc3)c3ccccc3c21. The largest absolute Gasteiger partial charge is 0.488 e. The van der Waals surface area contributed by atoms with Crippen molar-refractivity contribution in [3.8, 4) is 5.75 Å². The number of fused-ring (bicyclic) bond motifs is 3. The van der Waals surface area contributed by atoms with E-state index in [0.29, 0.717) is 12.5 Å². The second-order valence-electron chi connectivity index (χ2n) is 6.14. The standard InChI is InChI=1S/C21H21NO/c1-2-16-13-22-19-12-20(23-14-15-8-4-3-5-9-15)17-10-6-7-11-18(17)21(16)19/h3-12,16,22H,2,13-14H2,1H3. The first-order valence-electron chi connectivity index (χ1n) is 8.33. The molecule has 3 aromatic carbocycles. The molecule has 4 rings (SSSR count). The van der Waals surface area contributed by atoms with E-state index in [4.69, 9.17) is 4.74 Å². The average molecular weight is 303 g/mol. The Kier molecular flexibility index (Phi) is 3.66. The molecular formula is C21H21NO. The Morgan fingerprint density at radius 3 is 2.52 bits per heavy atom. The van der Waals surface area contributed by atoms with Gasteiger partial charge >= 0.3 is 0 Å². The van der Waals surface area contributed by atoms with Crippen molar-refractivity contribution in [2.45, 2.75) is 25.9 Å². The molecule has 2 nitrogen and oxygen atoms in total. The van der Waals surface area contributed by atoms with Gasteiger partial charge in [0, 0.05) is 29.6 Å². The maximum Gasteiger partial charge on any atom is 0.129 e. The Labute approximate surface area is 137 Å². The number of benzene rings is 3. The Morgan fingerprint density at radius 1 is 1.00 bits per heavy atom. The van der Waals surface area contributed by atoms with Gasteiger partial charge in [0.05, 0.1) is 0 Å². The van der Waals surface area contributed by atoms with Crippen molar-refractivity contribution in [1.82, 2.24) is 0 Å². The lowest BCUT2D eigenvalue weighted by atomic mass is 9.92. The minimum Gasteiger partial charge on any atom is -0.488 e. The van der Waals surface area contributed by atoms with Crippen molar-refractivity contribution in [3.05, 3.63) is 71.8 Å². The van der Waals surface area contributed by atoms with E-state index >= 15 is 0 Å². The molecule has 1 atom stereocenters. The van der Waals surface area contributed by atoms with Gasteiger partial charge in [-0.2, -0.15) is 0 Å². The summed E-state index contributed by atoms with van der Waals surface area (Å²) in [6, 6.07) is 21.1. The topological polar surface area (TPSA) is 21.3 Å². The van der Waals surface area contributed by atoms with E-state index < -0.39 is 0 Å². The van der Waals surface area contributed by atoms with E-state index in [1.807, 2.05) is 18.2 Å². The van der Waals surface area contributed by atoms with Gasteiger partial charge in [0.15, 0.2) is 0 Å². The molecule has 0 radical (unpaired) electrons. The van der Waals surface area contributed by atoms with Gasteiger partial charge in [-0.1, -0.05) is 61.5 Å². The molecular weight excluding hydrogens is 282 g/mol. The first-order chi connectivity index (χ1) is 11.4. The zero-order valence-corrected chi connectivity index (χ0v) is 13.4. The average Bonchev–Trinajstić information content (AvgIpc) is 3.04. The van der Waals surface area contributed by atoms with Crippen LogP contribution in [0.5, 0.6) is 5.75 Å². The van der Waals surface area contributed by atoms with Gasteiger partial charge in [-0.25, -0.2) is 0 Å². The quantitative estimate of drug-likeness (QED) is 0.702. The molecule has 0 fully saturated rings. The Morgan fingerprint density at radius 2 is 1.74 bits per heavy atom. The van der Waals surface area contributed by atoms with Crippen LogP contribution in [0, 0.1) is 0 Å². The molecule has 2 heteroatoms. The first-order valence-corrected chi connectivity index (χ1v) is 8.33. The van der Waals surface area contributed by atoms with E-state index in [2.05, 4.69) is 54.7 Å². The van der Waals surface area contributed by atoms with Crippen LogP contribution in [0.4, 0.5) is 5.69 Å². The van der Waals surface area contributed by atoms with Crippen LogP contribution in [0.1, 0.15) is 30.4 Å². The summed E-state index contributed by atoms with van der Waals surface area (Å²) in [6.45, 7) is 3.88. The highest BCUT2D eigenvalue weighted by molar-refractivity contribution is 5.96. The molecule has 0 aliphatic carbocycles. The Bertz CT molecular complexity index is 826. The highest BCUT2D eigenvalue weighted by Gasteiger charge is 2.24. The summed E-state index contributed by atoms with van der Waals surface area (Å²) in [4.78, 5) is 0. The lowest BCUT2D eigenvalue weighted by Crippen LogP contribution is -1.99. The van der Waals surface area contributed by atoms with E-state index in [9.17, 15) is 0 Å². The van der Waals surface area contributed by atoms with Gasteiger partial charge in [0.25, 0.3) is 0 Å². The molecule has 3 aromatic rings. The predicted molar refractivity (Wildman–Crippen MR) is 96.2 cm³/mol. The lowest BCUT2D eigenvalue weighted by molar-refractivity contribution is 0.310. The zero-order valence-electron chi connectivity index (χ0n) is 13.4. The first kappa shape index (κ1) is 14.1. The lowest BCUT2D eigenvalue weighted by Gasteiger charge is -2.15. The molecule has 0 amide bonds. The van der Waals surface area contributed by atoms with Crippen molar-refractivity contribution < 1.29 is 4.74 Å². The minimum absolute atomic E-state index is 0.595. The zero-order chi connectivity index (χ0) is 15.6. The maximum absolute atomic E-state index is 6.16. The molecule has 0 saturated carbocycles. The molecule has 0 spiro atoms. The summed E-state index contributed by atoms with van der Waals surface area (Å²) in [5.41, 5.74) is 3.88. The maximum atomic E-state index is 6.16. The van der Waals surface area contributed by atoms with Crippen LogP contribution in [0.2, 0.25) is 0 Å². The van der Waals surface area contributed by atoms with Crippen molar-refractivity contribution in [2.24, 2.45) is 0 Å². The fraction of sp³-hybridized carbons (Fsp3) is 0.238. The molecule has 0 saturated heterocycles. The summed E-state index contributed by atoms with van der Waals surface area (Å²) >= 11 is 0. The van der Waals surface area contributed by atoms with Crippen molar-refractivity contribution in [1.29, 1.82) is 0 Å². The van der Waals surface area contributed by atoms with Crippen LogP contribution in [-0.2, 0) is 6.61 Å². The second-order valence-corrected chi connectivity index (χ2v) is 6.14. The number of hydrogen-bond acceptors (Lipinski definition) is 2. The third-order valence-electron chi connectivity index (χ3n) is 4.73. The molecule has 0 aromatic heterocycles. The summed E-state index contributed by atoms with van der Waals surface area (Å²) in [5, 5.41) is 6.09. The summed E-state index contributed by atoms with van der Waals surface area (Å²) in [6.07, 6.45) is 1.16. The van der Waals surface area contributed by atoms with Gasteiger partial charge in [0.1, 0.15) is 12.4 Å². The molecule has 116 valence electrons. The van der Waals surface area contributed by atoms with E-state index in [0.717, 1.165) is 18.7 Å². The fourth-order valence-electron chi connectivity index (χ4n) is 3.49. The van der Waals surface area contributed by atoms with Gasteiger partial charge < -0.3 is 10.1 Å². The molecule has 0 bridgehead atoms. The third-order valence-corrected chi connectivity index (χ3v) is 4.73. The highest BCUT2D eigenvalue weighted by atomic mass is 16.5. The van der Waals surface area contributed by atoms with Gasteiger partial charge in [0.2, 0.25) is 0 Å². The van der Waals surface area contributed by atoms with Gasteiger partial charge in [-0.3, -0.25) is 0 Å². The number of hydrogen-bond donors (Lipinski definition) is 1. The summed E-state index contributed by atoms with van der Waals surface area (Å²) in [7, 11) is 0. The Hall–Kier alpha value is -2.48. The highest BCUT2D eigenvalue weighted by Crippen LogP contribution is 2.43. The van der Waals surface area contributed by atoms with E-state index in [1.54, 1.807) is 0 Å². The van der Waals surface area contributed by atoms with Crippen molar-refractivity contribution >= 4 is 16.5 Å². The molecule has 1 heterocycles. The molecule has 1 aliphatic heterocycles.